The topological polar surface area (TPSA) is 76.1 Å². The van der Waals surface area contributed by atoms with Crippen LogP contribution in [-0.2, 0) is 11.2 Å². The fourth-order valence-electron chi connectivity index (χ4n) is 1.79. The number of hydrogen-bond acceptors (Lipinski definition) is 6. The molecular formula is C15H20N4O2S. The number of benzene rings is 1. The molecule has 0 aliphatic carbocycles. The summed E-state index contributed by atoms with van der Waals surface area (Å²) in [7, 11) is 0. The Bertz CT molecular complexity index is 612. The Morgan fingerprint density at radius 3 is 2.59 bits per heavy atom. The van der Waals surface area contributed by atoms with Gasteiger partial charge in [-0.05, 0) is 44.5 Å². The first kappa shape index (κ1) is 16.2. The molecule has 0 aliphatic heterocycles. The van der Waals surface area contributed by atoms with Crippen LogP contribution < -0.4 is 15.4 Å². The molecule has 0 fully saturated rings. The zero-order valence-corrected chi connectivity index (χ0v) is 13.7. The lowest BCUT2D eigenvalue weighted by molar-refractivity contribution is -0.116. The monoisotopic (exact) mass is 320 g/mol. The van der Waals surface area contributed by atoms with Crippen LogP contribution in [0.2, 0.25) is 0 Å². The van der Waals surface area contributed by atoms with E-state index >= 15 is 0 Å². The summed E-state index contributed by atoms with van der Waals surface area (Å²) in [6, 6.07) is 7.12. The molecular weight excluding hydrogens is 300 g/mol. The highest BCUT2D eigenvalue weighted by atomic mass is 32.1. The molecule has 7 heteroatoms. The Morgan fingerprint density at radius 1 is 1.27 bits per heavy atom. The fraction of sp³-hybridized carbons (Fsp3) is 0.400. The first-order valence-corrected chi connectivity index (χ1v) is 8.06. The van der Waals surface area contributed by atoms with Gasteiger partial charge in [-0.25, -0.2) is 0 Å². The molecule has 0 saturated heterocycles. The number of carbonyl (C=O) groups is 1. The molecule has 1 heterocycles. The quantitative estimate of drug-likeness (QED) is 0.820. The lowest BCUT2D eigenvalue weighted by Crippen LogP contribution is -2.31. The molecule has 22 heavy (non-hydrogen) atoms. The zero-order valence-electron chi connectivity index (χ0n) is 12.9. The molecule has 1 aromatic carbocycles. The summed E-state index contributed by atoms with van der Waals surface area (Å²) in [5.41, 5.74) is 0.859. The van der Waals surface area contributed by atoms with E-state index in [9.17, 15) is 4.79 Å². The van der Waals surface area contributed by atoms with Crippen LogP contribution in [0.5, 0.6) is 5.75 Å². The third-order valence-electron chi connectivity index (χ3n) is 2.94. The lowest BCUT2D eigenvalue weighted by Gasteiger charge is -2.14. The van der Waals surface area contributed by atoms with Gasteiger partial charge in [0.1, 0.15) is 16.8 Å². The van der Waals surface area contributed by atoms with Gasteiger partial charge < -0.3 is 10.1 Å². The number of anilines is 2. The van der Waals surface area contributed by atoms with E-state index in [0.717, 1.165) is 22.9 Å². The molecule has 1 atom stereocenters. The molecule has 2 rings (SSSR count). The van der Waals surface area contributed by atoms with Gasteiger partial charge in [-0.15, -0.1) is 10.2 Å². The average Bonchev–Trinajstić information content (AvgIpc) is 2.97. The summed E-state index contributed by atoms with van der Waals surface area (Å²) in [5.74, 6) is 0.666. The van der Waals surface area contributed by atoms with E-state index < -0.39 is 0 Å². The van der Waals surface area contributed by atoms with Gasteiger partial charge in [0.15, 0.2) is 0 Å². The molecule has 118 valence electrons. The van der Waals surface area contributed by atoms with Crippen LogP contribution in [0.15, 0.2) is 24.3 Å². The van der Waals surface area contributed by atoms with Gasteiger partial charge in [-0.2, -0.15) is 0 Å². The van der Waals surface area contributed by atoms with Crippen LogP contribution in [0.4, 0.5) is 10.8 Å². The van der Waals surface area contributed by atoms with Crippen molar-refractivity contribution in [1.29, 1.82) is 0 Å². The summed E-state index contributed by atoms with van der Waals surface area (Å²) in [6.45, 7) is 6.37. The predicted molar refractivity (Wildman–Crippen MR) is 88.6 cm³/mol. The van der Waals surface area contributed by atoms with E-state index in [0.29, 0.717) is 11.7 Å². The molecule has 6 nitrogen and oxygen atoms in total. The van der Waals surface area contributed by atoms with Gasteiger partial charge in [-0.1, -0.05) is 18.3 Å². The number of amides is 1. The SMILES string of the molecule is CCOc1ccc(NC(C)C(=O)Nc2nnc(CC)s2)cc1. The Hall–Kier alpha value is -2.15. The van der Waals surface area contributed by atoms with Crippen molar-refractivity contribution in [2.75, 3.05) is 17.2 Å². The van der Waals surface area contributed by atoms with Crippen LogP contribution in [0.1, 0.15) is 25.8 Å². The molecule has 1 aromatic heterocycles. The Morgan fingerprint density at radius 2 is 2.00 bits per heavy atom. The number of aromatic nitrogens is 2. The number of nitrogens with one attached hydrogen (secondary N) is 2. The first-order valence-electron chi connectivity index (χ1n) is 7.25. The van der Waals surface area contributed by atoms with Gasteiger partial charge in [0.05, 0.1) is 6.61 Å². The van der Waals surface area contributed by atoms with Crippen molar-refractivity contribution in [3.05, 3.63) is 29.3 Å². The molecule has 1 unspecified atom stereocenters. The van der Waals surface area contributed by atoms with E-state index in [4.69, 9.17) is 4.74 Å². The summed E-state index contributed by atoms with van der Waals surface area (Å²) in [6.07, 6.45) is 0.813. The van der Waals surface area contributed by atoms with Gasteiger partial charge in [0.25, 0.3) is 0 Å². The largest absolute Gasteiger partial charge is 0.494 e. The van der Waals surface area contributed by atoms with E-state index in [1.165, 1.54) is 11.3 Å². The molecule has 0 saturated carbocycles. The Kier molecular flexibility index (Phi) is 5.71. The van der Waals surface area contributed by atoms with Crippen molar-refractivity contribution in [2.45, 2.75) is 33.2 Å². The maximum atomic E-state index is 12.1. The van der Waals surface area contributed by atoms with Crippen molar-refractivity contribution in [1.82, 2.24) is 10.2 Å². The molecule has 0 spiro atoms. The number of nitrogens with zero attached hydrogens (tertiary/aromatic N) is 2. The van der Waals surface area contributed by atoms with Crippen molar-refractivity contribution < 1.29 is 9.53 Å². The number of rotatable bonds is 7. The molecule has 1 amide bonds. The number of ether oxygens (including phenoxy) is 1. The average molecular weight is 320 g/mol. The number of carbonyl (C=O) groups excluding carboxylic acids is 1. The van der Waals surface area contributed by atoms with Crippen molar-refractivity contribution in [3.63, 3.8) is 0 Å². The molecule has 2 N–H and O–H groups in total. The van der Waals surface area contributed by atoms with Gasteiger partial charge in [-0.3, -0.25) is 10.1 Å². The number of hydrogen-bond donors (Lipinski definition) is 2. The predicted octanol–water partition coefficient (Wildman–Crippen LogP) is 2.94. The van der Waals surface area contributed by atoms with Crippen LogP contribution in [-0.4, -0.2) is 28.8 Å². The van der Waals surface area contributed by atoms with Crippen LogP contribution in [0.25, 0.3) is 0 Å². The molecule has 0 radical (unpaired) electrons. The second kappa shape index (κ2) is 7.74. The maximum Gasteiger partial charge on any atom is 0.248 e. The highest BCUT2D eigenvalue weighted by Gasteiger charge is 2.15. The van der Waals surface area contributed by atoms with Crippen LogP contribution in [0.3, 0.4) is 0 Å². The van der Waals surface area contributed by atoms with Gasteiger partial charge in [0, 0.05) is 5.69 Å². The Labute approximate surface area is 133 Å². The summed E-state index contributed by atoms with van der Waals surface area (Å²) < 4.78 is 5.38. The summed E-state index contributed by atoms with van der Waals surface area (Å²) in [4.78, 5) is 12.1. The third-order valence-corrected chi connectivity index (χ3v) is 3.92. The maximum absolute atomic E-state index is 12.1. The second-order valence-corrected chi connectivity index (χ2v) is 5.73. The summed E-state index contributed by atoms with van der Waals surface area (Å²) in [5, 5.41) is 15.3. The van der Waals surface area contributed by atoms with Gasteiger partial charge >= 0.3 is 0 Å². The van der Waals surface area contributed by atoms with Crippen molar-refractivity contribution in [2.24, 2.45) is 0 Å². The van der Waals surface area contributed by atoms with E-state index in [1.54, 1.807) is 6.92 Å². The minimum Gasteiger partial charge on any atom is -0.494 e. The summed E-state index contributed by atoms with van der Waals surface area (Å²) >= 11 is 1.39. The lowest BCUT2D eigenvalue weighted by atomic mass is 10.2. The van der Waals surface area contributed by atoms with Crippen LogP contribution >= 0.6 is 11.3 Å². The Balaban J connectivity index is 1.90. The number of aryl methyl sites for hydroxylation is 1. The van der Waals surface area contributed by atoms with E-state index in [-0.39, 0.29) is 11.9 Å². The zero-order chi connectivity index (χ0) is 15.9. The second-order valence-electron chi connectivity index (χ2n) is 4.67. The van der Waals surface area contributed by atoms with Crippen molar-refractivity contribution >= 4 is 28.1 Å². The first-order chi connectivity index (χ1) is 10.6. The van der Waals surface area contributed by atoms with Gasteiger partial charge in [0.2, 0.25) is 11.0 Å². The van der Waals surface area contributed by atoms with Crippen molar-refractivity contribution in [3.8, 4) is 5.75 Å². The molecule has 0 aliphatic rings. The van der Waals surface area contributed by atoms with E-state index in [2.05, 4.69) is 20.8 Å². The minimum atomic E-state index is -0.382. The molecule has 0 bridgehead atoms. The normalized spacial score (nSPS) is 11.8. The van der Waals surface area contributed by atoms with E-state index in [1.807, 2.05) is 38.1 Å². The highest BCUT2D eigenvalue weighted by Crippen LogP contribution is 2.18. The standard InChI is InChI=1S/C15H20N4O2S/c1-4-13-18-19-15(22-13)17-14(20)10(3)16-11-6-8-12(9-7-11)21-5-2/h6-10,16H,4-5H2,1-3H3,(H,17,19,20). The highest BCUT2D eigenvalue weighted by molar-refractivity contribution is 7.15. The molecule has 2 aromatic rings. The minimum absolute atomic E-state index is 0.146. The smallest absolute Gasteiger partial charge is 0.248 e. The van der Waals surface area contributed by atoms with Crippen LogP contribution in [0, 0.1) is 0 Å². The third kappa shape index (κ3) is 4.42. The fourth-order valence-corrected chi connectivity index (χ4v) is 2.47.